The Balaban J connectivity index is 2.21. The number of hydrogen-bond donors (Lipinski definition) is 2. The molecule has 21 heavy (non-hydrogen) atoms. The lowest BCUT2D eigenvalue weighted by Gasteiger charge is -2.16. The molecule has 1 aromatic carbocycles. The second kappa shape index (κ2) is 10.4. The van der Waals surface area contributed by atoms with Gasteiger partial charge in [-0.15, -0.1) is 0 Å². The summed E-state index contributed by atoms with van der Waals surface area (Å²) in [4.78, 5) is 11.7. The molecule has 0 unspecified atom stereocenters. The van der Waals surface area contributed by atoms with Crippen LogP contribution in [-0.2, 0) is 9.47 Å². The fraction of sp³-hybridized carbons (Fsp3) is 0.533. The summed E-state index contributed by atoms with van der Waals surface area (Å²) in [5.74, 6) is 0. The molecule has 6 heteroatoms. The summed E-state index contributed by atoms with van der Waals surface area (Å²) in [7, 11) is 0. The average Bonchev–Trinajstić information content (AvgIpc) is 2.44. The first kappa shape index (κ1) is 17.8. The van der Waals surface area contributed by atoms with Gasteiger partial charge in [0.25, 0.3) is 0 Å². The van der Waals surface area contributed by atoms with Gasteiger partial charge in [-0.05, 0) is 38.5 Å². The number of anilines is 1. The number of carbonyl (C=O) groups is 1. The van der Waals surface area contributed by atoms with Crippen LogP contribution in [0.3, 0.4) is 0 Å². The Morgan fingerprint density at radius 1 is 1.29 bits per heavy atom. The lowest BCUT2D eigenvalue weighted by Crippen LogP contribution is -2.30. The molecule has 0 saturated carbocycles. The van der Waals surface area contributed by atoms with Crippen LogP contribution >= 0.6 is 11.6 Å². The minimum Gasteiger partial charge on any atom is -0.353 e. The first-order valence-corrected chi connectivity index (χ1v) is 7.57. The minimum absolute atomic E-state index is 0.196. The maximum Gasteiger partial charge on any atom is 0.319 e. The Hall–Kier alpha value is -1.30. The van der Waals surface area contributed by atoms with Crippen molar-refractivity contribution in [3.63, 3.8) is 0 Å². The Labute approximate surface area is 131 Å². The highest BCUT2D eigenvalue weighted by Gasteiger charge is 2.08. The largest absolute Gasteiger partial charge is 0.353 e. The molecule has 0 fully saturated rings. The van der Waals surface area contributed by atoms with Crippen LogP contribution in [0.25, 0.3) is 0 Å². The quantitative estimate of drug-likeness (QED) is 0.540. The lowest BCUT2D eigenvalue weighted by molar-refractivity contribution is -0.139. The van der Waals surface area contributed by atoms with Crippen LogP contribution < -0.4 is 10.6 Å². The summed E-state index contributed by atoms with van der Waals surface area (Å²) in [6.07, 6.45) is 1.34. The third kappa shape index (κ3) is 7.90. The standard InChI is InChI=1S/C15H23ClN2O3/c1-3-20-14(21-4-2)9-6-10-17-15(19)18-13-8-5-7-12(16)11-13/h5,7-8,11,14H,3-4,6,9-10H2,1-2H3,(H2,17,18,19). The molecule has 0 bridgehead atoms. The molecular formula is C15H23ClN2O3. The highest BCUT2D eigenvalue weighted by molar-refractivity contribution is 6.30. The fourth-order valence-electron chi connectivity index (χ4n) is 1.80. The molecular weight excluding hydrogens is 292 g/mol. The van der Waals surface area contributed by atoms with Gasteiger partial charge in [-0.25, -0.2) is 4.79 Å². The van der Waals surface area contributed by atoms with E-state index in [2.05, 4.69) is 10.6 Å². The fourth-order valence-corrected chi connectivity index (χ4v) is 1.99. The number of halogens is 1. The van der Waals surface area contributed by atoms with Crippen molar-refractivity contribution in [2.75, 3.05) is 25.1 Å². The van der Waals surface area contributed by atoms with E-state index < -0.39 is 0 Å². The topological polar surface area (TPSA) is 59.6 Å². The van der Waals surface area contributed by atoms with Crippen LogP contribution in [0, 0.1) is 0 Å². The molecule has 0 aliphatic carbocycles. The normalized spacial score (nSPS) is 10.7. The van der Waals surface area contributed by atoms with E-state index in [9.17, 15) is 4.79 Å². The molecule has 0 heterocycles. The van der Waals surface area contributed by atoms with Gasteiger partial charge in [0.2, 0.25) is 0 Å². The van der Waals surface area contributed by atoms with E-state index in [-0.39, 0.29) is 12.3 Å². The predicted octanol–water partition coefficient (Wildman–Crippen LogP) is 3.64. The van der Waals surface area contributed by atoms with Gasteiger partial charge in [0.05, 0.1) is 0 Å². The maximum atomic E-state index is 11.7. The summed E-state index contributed by atoms with van der Waals surface area (Å²) >= 11 is 5.85. The molecule has 0 atom stereocenters. The van der Waals surface area contributed by atoms with E-state index >= 15 is 0 Å². The molecule has 118 valence electrons. The third-order valence-corrected chi connectivity index (χ3v) is 2.92. The van der Waals surface area contributed by atoms with Gasteiger partial charge in [0, 0.05) is 36.9 Å². The van der Waals surface area contributed by atoms with Gasteiger partial charge >= 0.3 is 6.03 Å². The molecule has 0 aliphatic heterocycles. The molecule has 0 radical (unpaired) electrons. The van der Waals surface area contributed by atoms with Crippen molar-refractivity contribution >= 4 is 23.3 Å². The number of carbonyl (C=O) groups excluding carboxylic acids is 1. The first-order chi connectivity index (χ1) is 10.2. The molecule has 1 rings (SSSR count). The van der Waals surface area contributed by atoms with Gasteiger partial charge in [-0.1, -0.05) is 17.7 Å². The summed E-state index contributed by atoms with van der Waals surface area (Å²) in [6, 6.07) is 6.77. The summed E-state index contributed by atoms with van der Waals surface area (Å²) in [5.41, 5.74) is 0.668. The van der Waals surface area contributed by atoms with Crippen LogP contribution in [0.15, 0.2) is 24.3 Å². The highest BCUT2D eigenvalue weighted by atomic mass is 35.5. The number of rotatable bonds is 9. The van der Waals surface area contributed by atoms with E-state index in [0.29, 0.717) is 30.5 Å². The van der Waals surface area contributed by atoms with Crippen LogP contribution in [0.5, 0.6) is 0 Å². The van der Waals surface area contributed by atoms with Crippen LogP contribution in [0.4, 0.5) is 10.5 Å². The second-order valence-corrected chi connectivity index (χ2v) is 4.81. The van der Waals surface area contributed by atoms with Crippen molar-refractivity contribution in [1.82, 2.24) is 5.32 Å². The summed E-state index contributed by atoms with van der Waals surface area (Å²) < 4.78 is 10.9. The number of benzene rings is 1. The Morgan fingerprint density at radius 2 is 2.00 bits per heavy atom. The Kier molecular flexibility index (Phi) is 8.82. The lowest BCUT2D eigenvalue weighted by atomic mass is 10.3. The SMILES string of the molecule is CCOC(CCCNC(=O)Nc1cccc(Cl)c1)OCC. The maximum absolute atomic E-state index is 11.7. The van der Waals surface area contributed by atoms with Gasteiger partial charge in [-0.3, -0.25) is 0 Å². The average molecular weight is 315 g/mol. The molecule has 0 aliphatic rings. The number of amides is 2. The molecule has 5 nitrogen and oxygen atoms in total. The van der Waals surface area contributed by atoms with Gasteiger partial charge in [0.15, 0.2) is 6.29 Å². The van der Waals surface area contributed by atoms with Gasteiger partial charge < -0.3 is 20.1 Å². The zero-order valence-corrected chi connectivity index (χ0v) is 13.3. The number of nitrogens with one attached hydrogen (secondary N) is 2. The number of ether oxygens (including phenoxy) is 2. The second-order valence-electron chi connectivity index (χ2n) is 4.37. The number of hydrogen-bond acceptors (Lipinski definition) is 3. The minimum atomic E-state index is -0.248. The van der Waals surface area contributed by atoms with E-state index in [1.165, 1.54) is 0 Å². The van der Waals surface area contributed by atoms with E-state index in [4.69, 9.17) is 21.1 Å². The van der Waals surface area contributed by atoms with Crippen molar-refractivity contribution < 1.29 is 14.3 Å². The third-order valence-electron chi connectivity index (χ3n) is 2.69. The van der Waals surface area contributed by atoms with Crippen LogP contribution in [0.2, 0.25) is 5.02 Å². The summed E-state index contributed by atoms with van der Waals surface area (Å²) in [5, 5.41) is 6.10. The van der Waals surface area contributed by atoms with Crippen molar-refractivity contribution in [2.45, 2.75) is 33.0 Å². The molecule has 2 amide bonds. The zero-order chi connectivity index (χ0) is 15.5. The molecule has 2 N–H and O–H groups in total. The van der Waals surface area contributed by atoms with Crippen molar-refractivity contribution in [3.05, 3.63) is 29.3 Å². The van der Waals surface area contributed by atoms with Crippen molar-refractivity contribution in [3.8, 4) is 0 Å². The Morgan fingerprint density at radius 3 is 2.62 bits per heavy atom. The highest BCUT2D eigenvalue weighted by Crippen LogP contribution is 2.14. The van der Waals surface area contributed by atoms with Gasteiger partial charge in [-0.2, -0.15) is 0 Å². The van der Waals surface area contributed by atoms with E-state index in [1.54, 1.807) is 24.3 Å². The molecule has 1 aromatic rings. The monoisotopic (exact) mass is 314 g/mol. The van der Waals surface area contributed by atoms with Crippen molar-refractivity contribution in [2.24, 2.45) is 0 Å². The zero-order valence-electron chi connectivity index (χ0n) is 12.5. The number of urea groups is 1. The molecule has 0 aromatic heterocycles. The van der Waals surface area contributed by atoms with Crippen LogP contribution in [-0.4, -0.2) is 32.1 Å². The smallest absolute Gasteiger partial charge is 0.319 e. The predicted molar refractivity (Wildman–Crippen MR) is 84.7 cm³/mol. The molecule has 0 saturated heterocycles. The van der Waals surface area contributed by atoms with E-state index in [0.717, 1.165) is 12.8 Å². The van der Waals surface area contributed by atoms with E-state index in [1.807, 2.05) is 13.8 Å². The van der Waals surface area contributed by atoms with Gasteiger partial charge in [0.1, 0.15) is 0 Å². The Bertz CT molecular complexity index is 423. The summed E-state index contributed by atoms with van der Waals surface area (Å²) in [6.45, 7) is 5.66. The van der Waals surface area contributed by atoms with Crippen molar-refractivity contribution in [1.29, 1.82) is 0 Å². The van der Waals surface area contributed by atoms with Crippen LogP contribution in [0.1, 0.15) is 26.7 Å². The first-order valence-electron chi connectivity index (χ1n) is 7.19. The molecule has 0 spiro atoms.